The summed E-state index contributed by atoms with van der Waals surface area (Å²) in [6.45, 7) is 1.64. The summed E-state index contributed by atoms with van der Waals surface area (Å²) in [5.41, 5.74) is 2.01. The van der Waals surface area contributed by atoms with Gasteiger partial charge in [0.1, 0.15) is 12.4 Å². The van der Waals surface area contributed by atoms with E-state index in [0.717, 1.165) is 17.9 Å². The van der Waals surface area contributed by atoms with Crippen LogP contribution >= 0.6 is 22.6 Å². The Bertz CT molecular complexity index is 551. The van der Waals surface area contributed by atoms with Crippen LogP contribution < -0.4 is 0 Å². The first-order valence-corrected chi connectivity index (χ1v) is 6.62. The quantitative estimate of drug-likeness (QED) is 0.677. The van der Waals surface area contributed by atoms with Crippen molar-refractivity contribution in [2.24, 2.45) is 0 Å². The Kier molecular flexibility index (Phi) is 4.35. The van der Waals surface area contributed by atoms with Crippen molar-refractivity contribution in [2.75, 3.05) is 0 Å². The maximum atomic E-state index is 10.7. The molecule has 94 valence electrons. The third kappa shape index (κ3) is 3.83. The monoisotopic (exact) mass is 356 g/mol. The molecule has 1 N–H and O–H groups in total. The number of aromatic amines is 1. The molecule has 0 bridgehead atoms. The molecular formula is C13H13IN2O2. The van der Waals surface area contributed by atoms with Crippen LogP contribution in [-0.2, 0) is 22.6 Å². The third-order valence-electron chi connectivity index (χ3n) is 2.37. The average molecular weight is 356 g/mol. The molecule has 1 aromatic heterocycles. The lowest BCUT2D eigenvalue weighted by atomic mass is 10.1. The third-order valence-corrected chi connectivity index (χ3v) is 3.04. The maximum Gasteiger partial charge on any atom is 0.303 e. The molecule has 0 saturated heterocycles. The number of rotatable bonds is 4. The summed E-state index contributed by atoms with van der Waals surface area (Å²) >= 11 is 2.29. The Hall–Kier alpha value is -1.37. The predicted octanol–water partition coefficient (Wildman–Crippen LogP) is 2.67. The van der Waals surface area contributed by atoms with E-state index in [2.05, 4.69) is 50.8 Å². The minimum atomic E-state index is -0.288. The van der Waals surface area contributed by atoms with E-state index >= 15 is 0 Å². The van der Waals surface area contributed by atoms with Crippen LogP contribution in [0.1, 0.15) is 24.0 Å². The van der Waals surface area contributed by atoms with Gasteiger partial charge in [-0.2, -0.15) is 0 Å². The minimum Gasteiger partial charge on any atom is -0.459 e. The first kappa shape index (κ1) is 13.1. The second-order valence-corrected chi connectivity index (χ2v) is 5.19. The van der Waals surface area contributed by atoms with E-state index < -0.39 is 0 Å². The number of carbonyl (C=O) groups excluding carboxylic acids is 1. The minimum absolute atomic E-state index is 0.245. The van der Waals surface area contributed by atoms with Crippen molar-refractivity contribution in [3.05, 3.63) is 51.1 Å². The summed E-state index contributed by atoms with van der Waals surface area (Å²) in [4.78, 5) is 18.1. The zero-order valence-corrected chi connectivity index (χ0v) is 12.1. The lowest BCUT2D eigenvalue weighted by Crippen LogP contribution is -1.99. The van der Waals surface area contributed by atoms with Crippen molar-refractivity contribution in [1.29, 1.82) is 0 Å². The molecule has 0 aliphatic heterocycles. The van der Waals surface area contributed by atoms with Gasteiger partial charge in [0.2, 0.25) is 0 Å². The molecule has 2 aromatic rings. The van der Waals surface area contributed by atoms with Crippen LogP contribution in [0.3, 0.4) is 0 Å². The molecule has 4 nitrogen and oxygen atoms in total. The van der Waals surface area contributed by atoms with Gasteiger partial charge in [-0.25, -0.2) is 4.98 Å². The standard InChI is InChI=1S/C13H13IN2O2/c1-9(17)18-8-12-7-15-13(16-12)6-10-3-2-4-11(14)5-10/h2-5,7H,6,8H2,1H3,(H,15,16). The largest absolute Gasteiger partial charge is 0.459 e. The maximum absolute atomic E-state index is 10.7. The Labute approximate surface area is 119 Å². The van der Waals surface area contributed by atoms with E-state index in [-0.39, 0.29) is 12.6 Å². The fourth-order valence-electron chi connectivity index (χ4n) is 1.59. The molecule has 0 atom stereocenters. The van der Waals surface area contributed by atoms with Gasteiger partial charge in [-0.3, -0.25) is 4.79 Å². The normalized spacial score (nSPS) is 10.3. The number of halogens is 1. The van der Waals surface area contributed by atoms with E-state index in [0.29, 0.717) is 0 Å². The number of ether oxygens (including phenoxy) is 1. The molecule has 1 aromatic carbocycles. The van der Waals surface area contributed by atoms with Gasteiger partial charge in [-0.05, 0) is 40.3 Å². The molecule has 0 aliphatic rings. The molecule has 0 aliphatic carbocycles. The highest BCUT2D eigenvalue weighted by atomic mass is 127. The van der Waals surface area contributed by atoms with Crippen molar-refractivity contribution in [3.63, 3.8) is 0 Å². The van der Waals surface area contributed by atoms with Gasteiger partial charge in [-0.15, -0.1) is 0 Å². The Morgan fingerprint density at radius 2 is 2.33 bits per heavy atom. The number of carbonyl (C=O) groups is 1. The van der Waals surface area contributed by atoms with Gasteiger partial charge < -0.3 is 9.72 Å². The number of nitrogens with one attached hydrogen (secondary N) is 1. The molecule has 0 saturated carbocycles. The van der Waals surface area contributed by atoms with Crippen LogP contribution in [0.4, 0.5) is 0 Å². The zero-order valence-electron chi connectivity index (χ0n) is 9.94. The highest BCUT2D eigenvalue weighted by Crippen LogP contribution is 2.11. The summed E-state index contributed by atoms with van der Waals surface area (Å²) in [6.07, 6.45) is 2.45. The number of H-pyrrole nitrogens is 1. The summed E-state index contributed by atoms with van der Waals surface area (Å²) in [6, 6.07) is 8.27. The molecule has 0 unspecified atom stereocenters. The van der Waals surface area contributed by atoms with E-state index in [4.69, 9.17) is 4.74 Å². The number of nitrogens with zero attached hydrogens (tertiary/aromatic N) is 1. The van der Waals surface area contributed by atoms with Crippen molar-refractivity contribution in [1.82, 2.24) is 9.97 Å². The van der Waals surface area contributed by atoms with Crippen molar-refractivity contribution in [3.8, 4) is 0 Å². The van der Waals surface area contributed by atoms with E-state index in [1.807, 2.05) is 6.07 Å². The molecule has 0 spiro atoms. The van der Waals surface area contributed by atoms with Crippen LogP contribution in [0.15, 0.2) is 30.5 Å². The number of aromatic nitrogens is 2. The molecule has 0 fully saturated rings. The number of hydrogen-bond acceptors (Lipinski definition) is 3. The number of benzene rings is 1. The van der Waals surface area contributed by atoms with Gasteiger partial charge >= 0.3 is 5.97 Å². The number of hydrogen-bond donors (Lipinski definition) is 1. The van der Waals surface area contributed by atoms with Crippen LogP contribution in [0.25, 0.3) is 0 Å². The van der Waals surface area contributed by atoms with E-state index in [1.165, 1.54) is 16.1 Å². The van der Waals surface area contributed by atoms with Crippen LogP contribution in [-0.4, -0.2) is 15.9 Å². The second kappa shape index (κ2) is 5.99. The Morgan fingerprint density at radius 1 is 1.50 bits per heavy atom. The molecule has 18 heavy (non-hydrogen) atoms. The van der Waals surface area contributed by atoms with Gasteiger partial charge in [-0.1, -0.05) is 12.1 Å². The fourth-order valence-corrected chi connectivity index (χ4v) is 2.20. The summed E-state index contributed by atoms with van der Waals surface area (Å²) < 4.78 is 6.10. The molecule has 0 amide bonds. The Morgan fingerprint density at radius 3 is 3.06 bits per heavy atom. The topological polar surface area (TPSA) is 55.0 Å². The molecule has 0 radical (unpaired) electrons. The van der Waals surface area contributed by atoms with Crippen molar-refractivity contribution in [2.45, 2.75) is 20.0 Å². The molecule has 1 heterocycles. The SMILES string of the molecule is CC(=O)OCc1cnc(Cc2cccc(I)c2)[nH]1. The fraction of sp³-hybridized carbons (Fsp3) is 0.231. The van der Waals surface area contributed by atoms with Crippen molar-refractivity contribution < 1.29 is 9.53 Å². The average Bonchev–Trinajstić information content (AvgIpc) is 2.74. The van der Waals surface area contributed by atoms with E-state index in [1.54, 1.807) is 6.20 Å². The van der Waals surface area contributed by atoms with Crippen LogP contribution in [0.2, 0.25) is 0 Å². The summed E-state index contributed by atoms with van der Waals surface area (Å²) in [5, 5.41) is 0. The van der Waals surface area contributed by atoms with Gasteiger partial charge in [0.15, 0.2) is 0 Å². The smallest absolute Gasteiger partial charge is 0.303 e. The number of imidazole rings is 1. The highest BCUT2D eigenvalue weighted by molar-refractivity contribution is 14.1. The van der Waals surface area contributed by atoms with Crippen molar-refractivity contribution >= 4 is 28.6 Å². The Balaban J connectivity index is 2.00. The first-order valence-electron chi connectivity index (χ1n) is 5.54. The lowest BCUT2D eigenvalue weighted by molar-refractivity contribution is -0.142. The zero-order chi connectivity index (χ0) is 13.0. The van der Waals surface area contributed by atoms with Gasteiger partial charge in [0.05, 0.1) is 11.9 Å². The van der Waals surface area contributed by atoms with Gasteiger partial charge in [0.25, 0.3) is 0 Å². The lowest BCUT2D eigenvalue weighted by Gasteiger charge is -2.00. The van der Waals surface area contributed by atoms with Crippen LogP contribution in [0.5, 0.6) is 0 Å². The molecular weight excluding hydrogens is 343 g/mol. The highest BCUT2D eigenvalue weighted by Gasteiger charge is 2.04. The van der Waals surface area contributed by atoms with Gasteiger partial charge in [0, 0.05) is 16.9 Å². The van der Waals surface area contributed by atoms with E-state index in [9.17, 15) is 4.79 Å². The number of esters is 1. The summed E-state index contributed by atoms with van der Waals surface area (Å²) in [5.74, 6) is 0.586. The first-order chi connectivity index (χ1) is 8.63. The molecule has 2 rings (SSSR count). The van der Waals surface area contributed by atoms with Crippen LogP contribution in [0, 0.1) is 3.57 Å². The second-order valence-electron chi connectivity index (χ2n) is 3.94. The predicted molar refractivity (Wildman–Crippen MR) is 76.0 cm³/mol. The molecule has 5 heteroatoms. The summed E-state index contributed by atoms with van der Waals surface area (Å²) in [7, 11) is 0.